The normalized spacial score (nSPS) is 23.5. The van der Waals surface area contributed by atoms with Crippen molar-refractivity contribution in [2.45, 2.75) is 38.0 Å². The zero-order valence-electron chi connectivity index (χ0n) is 15.1. The van der Waals surface area contributed by atoms with Crippen LogP contribution in [0.5, 0.6) is 0 Å². The van der Waals surface area contributed by atoms with Crippen molar-refractivity contribution in [3.05, 3.63) is 34.9 Å². The lowest BCUT2D eigenvalue weighted by molar-refractivity contribution is 0.0751. The van der Waals surface area contributed by atoms with Gasteiger partial charge in [-0.1, -0.05) is 0 Å². The third-order valence-corrected chi connectivity index (χ3v) is 5.65. The fourth-order valence-electron chi connectivity index (χ4n) is 4.11. The summed E-state index contributed by atoms with van der Waals surface area (Å²) in [5.41, 5.74) is 8.21. The number of aromatic nitrogens is 2. The number of halogens is 1. The molecule has 3 aliphatic heterocycles. The lowest BCUT2D eigenvalue weighted by atomic mass is 10.0. The Morgan fingerprint density at radius 3 is 3.04 bits per heavy atom. The van der Waals surface area contributed by atoms with Gasteiger partial charge in [0.05, 0.1) is 23.6 Å². The van der Waals surface area contributed by atoms with Crippen molar-refractivity contribution in [1.29, 1.82) is 0 Å². The molecule has 0 aromatic carbocycles. The van der Waals surface area contributed by atoms with Crippen LogP contribution in [0.25, 0.3) is 11.3 Å². The van der Waals surface area contributed by atoms with Crippen LogP contribution in [0.3, 0.4) is 0 Å². The van der Waals surface area contributed by atoms with Crippen molar-refractivity contribution < 1.29 is 18.7 Å². The van der Waals surface area contributed by atoms with E-state index >= 15 is 4.39 Å². The van der Waals surface area contributed by atoms with Crippen molar-refractivity contribution in [3.8, 4) is 11.3 Å². The average Bonchev–Trinajstić information content (AvgIpc) is 3.36. The summed E-state index contributed by atoms with van der Waals surface area (Å²) in [5, 5.41) is 5.78. The first kappa shape index (κ1) is 17.3. The van der Waals surface area contributed by atoms with Gasteiger partial charge in [0.1, 0.15) is 0 Å². The van der Waals surface area contributed by atoms with Crippen molar-refractivity contribution in [3.63, 3.8) is 0 Å². The van der Waals surface area contributed by atoms with E-state index in [9.17, 15) is 9.59 Å². The average molecular weight is 385 g/mol. The molecule has 1 fully saturated rings. The number of hydrogen-bond donors (Lipinski definition) is 3. The van der Waals surface area contributed by atoms with Crippen molar-refractivity contribution >= 4 is 17.5 Å². The molecule has 1 amide bonds. The van der Waals surface area contributed by atoms with Crippen molar-refractivity contribution in [2.24, 2.45) is 5.73 Å². The first-order valence-corrected chi connectivity index (χ1v) is 9.37. The topological polar surface area (TPSA) is 111 Å². The highest BCUT2D eigenvalue weighted by molar-refractivity contribution is 6.05. The summed E-state index contributed by atoms with van der Waals surface area (Å²) in [6.07, 6.45) is 2.91. The van der Waals surface area contributed by atoms with Gasteiger partial charge in [0.15, 0.2) is 17.4 Å². The summed E-state index contributed by atoms with van der Waals surface area (Å²) >= 11 is 0. The van der Waals surface area contributed by atoms with E-state index in [1.807, 2.05) is 4.57 Å². The van der Waals surface area contributed by atoms with Gasteiger partial charge in [-0.15, -0.1) is 0 Å². The summed E-state index contributed by atoms with van der Waals surface area (Å²) in [4.78, 5) is 28.8. The van der Waals surface area contributed by atoms with E-state index in [1.54, 1.807) is 12.3 Å². The largest absolute Gasteiger partial charge is 0.380 e. The van der Waals surface area contributed by atoms with Gasteiger partial charge in [0.2, 0.25) is 0 Å². The summed E-state index contributed by atoms with van der Waals surface area (Å²) < 4.78 is 22.3. The molecule has 0 bridgehead atoms. The second-order valence-corrected chi connectivity index (χ2v) is 7.42. The molecule has 2 atom stereocenters. The summed E-state index contributed by atoms with van der Waals surface area (Å²) in [6, 6.07) is 1.28. The summed E-state index contributed by atoms with van der Waals surface area (Å²) in [6.45, 7) is 1.65. The molecule has 5 heterocycles. The number of ketones is 1. The number of hydrogen-bond acceptors (Lipinski definition) is 6. The second-order valence-electron chi connectivity index (χ2n) is 7.42. The molecule has 146 valence electrons. The number of nitrogens with zero attached hydrogens (tertiary/aromatic N) is 2. The standard InChI is InChI=1S/C19H20FN5O3/c20-16-10-6-22-19(27)15(10)17(9-5-13-14(26)1-3-25(13)7-9)24-18(16)23-12-2-4-28-8-11(12)21/h5,7,11-12H,1-4,6,8,21H2,(H,22,27)(H,23,24). The fourth-order valence-corrected chi connectivity index (χ4v) is 4.11. The maximum absolute atomic E-state index is 15.1. The first-order valence-electron chi connectivity index (χ1n) is 9.37. The predicted molar refractivity (Wildman–Crippen MR) is 98.6 cm³/mol. The van der Waals surface area contributed by atoms with Crippen LogP contribution in [0, 0.1) is 5.82 Å². The van der Waals surface area contributed by atoms with Gasteiger partial charge in [-0.3, -0.25) is 9.59 Å². The van der Waals surface area contributed by atoms with Gasteiger partial charge in [-0.2, -0.15) is 0 Å². The minimum atomic E-state index is -0.543. The minimum absolute atomic E-state index is 0.0565. The van der Waals surface area contributed by atoms with Crippen LogP contribution in [0.2, 0.25) is 0 Å². The van der Waals surface area contributed by atoms with E-state index in [2.05, 4.69) is 15.6 Å². The van der Waals surface area contributed by atoms with Gasteiger partial charge < -0.3 is 25.7 Å². The Bertz CT molecular complexity index is 1000. The molecule has 0 aliphatic carbocycles. The molecule has 0 spiro atoms. The van der Waals surface area contributed by atoms with Crippen LogP contribution in [0.1, 0.15) is 39.3 Å². The van der Waals surface area contributed by atoms with E-state index in [-0.39, 0.29) is 47.3 Å². The van der Waals surface area contributed by atoms with Crippen LogP contribution in [-0.2, 0) is 17.8 Å². The number of aryl methyl sites for hydroxylation is 1. The van der Waals surface area contributed by atoms with Gasteiger partial charge in [-0.25, -0.2) is 9.37 Å². The third kappa shape index (κ3) is 2.61. The highest BCUT2D eigenvalue weighted by atomic mass is 19.1. The Morgan fingerprint density at radius 1 is 1.39 bits per heavy atom. The predicted octanol–water partition coefficient (Wildman–Crippen LogP) is 1.05. The molecule has 8 nitrogen and oxygen atoms in total. The van der Waals surface area contributed by atoms with E-state index < -0.39 is 5.82 Å². The maximum atomic E-state index is 15.1. The molecular formula is C19H20FN5O3. The van der Waals surface area contributed by atoms with Crippen molar-refractivity contribution in [2.75, 3.05) is 18.5 Å². The van der Waals surface area contributed by atoms with E-state index in [4.69, 9.17) is 10.5 Å². The lowest BCUT2D eigenvalue weighted by Gasteiger charge is -2.30. The highest BCUT2D eigenvalue weighted by Crippen LogP contribution is 2.35. The van der Waals surface area contributed by atoms with Gasteiger partial charge in [-0.05, 0) is 12.5 Å². The smallest absolute Gasteiger partial charge is 0.254 e. The molecule has 2 unspecified atom stereocenters. The SMILES string of the molecule is NC1COCCC1Nc1nc(-c2cc3n(c2)CCC3=O)c2c(c1F)CNC2=O. The second kappa shape index (κ2) is 6.39. The van der Waals surface area contributed by atoms with Crippen LogP contribution >= 0.6 is 0 Å². The van der Waals surface area contributed by atoms with E-state index in [0.717, 1.165) is 0 Å². The van der Waals surface area contributed by atoms with Crippen LogP contribution in [0.15, 0.2) is 12.3 Å². The number of fused-ring (bicyclic) bond motifs is 2. The zero-order chi connectivity index (χ0) is 19.4. The van der Waals surface area contributed by atoms with Crippen LogP contribution in [0.4, 0.5) is 10.2 Å². The van der Waals surface area contributed by atoms with Crippen molar-refractivity contribution in [1.82, 2.24) is 14.9 Å². The van der Waals surface area contributed by atoms with E-state index in [1.165, 1.54) is 0 Å². The van der Waals surface area contributed by atoms with Crippen LogP contribution < -0.4 is 16.4 Å². The van der Waals surface area contributed by atoms with Gasteiger partial charge in [0.25, 0.3) is 5.91 Å². The number of anilines is 1. The summed E-state index contributed by atoms with van der Waals surface area (Å²) in [5.74, 6) is -0.770. The number of pyridine rings is 1. The lowest BCUT2D eigenvalue weighted by Crippen LogP contribution is -2.48. The molecule has 9 heteroatoms. The quantitative estimate of drug-likeness (QED) is 0.728. The molecular weight excluding hydrogens is 365 g/mol. The third-order valence-electron chi connectivity index (χ3n) is 5.65. The number of nitrogens with two attached hydrogens (primary N) is 1. The molecule has 2 aromatic rings. The molecule has 0 radical (unpaired) electrons. The molecule has 3 aliphatic rings. The molecule has 5 rings (SSSR count). The Balaban J connectivity index is 1.60. The minimum Gasteiger partial charge on any atom is -0.380 e. The number of Topliss-reactive ketones (excluding diaryl/α,β-unsaturated/α-hetero) is 1. The Hall–Kier alpha value is -2.78. The number of rotatable bonds is 3. The first-order chi connectivity index (χ1) is 13.5. The number of ether oxygens (including phenoxy) is 1. The molecule has 2 aromatic heterocycles. The Morgan fingerprint density at radius 2 is 2.25 bits per heavy atom. The Kier molecular flexibility index (Phi) is 3.95. The number of nitrogens with one attached hydrogen (secondary N) is 2. The molecule has 0 saturated carbocycles. The highest BCUT2D eigenvalue weighted by Gasteiger charge is 2.33. The zero-order valence-corrected chi connectivity index (χ0v) is 15.1. The van der Waals surface area contributed by atoms with Gasteiger partial charge in [0, 0.05) is 55.5 Å². The molecule has 4 N–H and O–H groups in total. The van der Waals surface area contributed by atoms with E-state index in [0.29, 0.717) is 49.6 Å². The number of carbonyl (C=O) groups excluding carboxylic acids is 2. The fraction of sp³-hybridized carbons (Fsp3) is 0.421. The number of carbonyl (C=O) groups is 2. The summed E-state index contributed by atoms with van der Waals surface area (Å²) in [7, 11) is 0. The molecule has 1 saturated heterocycles. The van der Waals surface area contributed by atoms with Gasteiger partial charge >= 0.3 is 0 Å². The molecule has 28 heavy (non-hydrogen) atoms. The number of amides is 1. The Labute approximate surface area is 160 Å². The van der Waals surface area contributed by atoms with Crippen LogP contribution in [-0.4, -0.2) is 46.5 Å². The maximum Gasteiger partial charge on any atom is 0.254 e. The monoisotopic (exact) mass is 385 g/mol.